The van der Waals surface area contributed by atoms with Gasteiger partial charge in [0, 0.05) is 6.42 Å². The van der Waals surface area contributed by atoms with E-state index in [1.165, 1.54) is 12.1 Å². The Morgan fingerprint density at radius 1 is 1.15 bits per heavy atom. The Morgan fingerprint density at radius 2 is 1.89 bits per heavy atom. The molecule has 0 aliphatic carbocycles. The Labute approximate surface area is 158 Å². The molecule has 5 nitrogen and oxygen atoms in total. The predicted molar refractivity (Wildman–Crippen MR) is 99.7 cm³/mol. The zero-order chi connectivity index (χ0) is 19.2. The number of benzene rings is 2. The van der Waals surface area contributed by atoms with Gasteiger partial charge in [-0.1, -0.05) is 32.0 Å². The molecule has 0 radical (unpaired) electrons. The van der Waals surface area contributed by atoms with Crippen LogP contribution in [0.1, 0.15) is 31.9 Å². The Hall–Kier alpha value is -2.76. The summed E-state index contributed by atoms with van der Waals surface area (Å²) in [6, 6.07) is 11.5. The van der Waals surface area contributed by atoms with E-state index in [4.69, 9.17) is 14.2 Å². The second kappa shape index (κ2) is 8.75. The third-order valence-corrected chi connectivity index (χ3v) is 4.31. The first-order valence-electron chi connectivity index (χ1n) is 9.11. The highest BCUT2D eigenvalue weighted by Gasteiger charge is 2.21. The van der Waals surface area contributed by atoms with Crippen molar-refractivity contribution in [2.24, 2.45) is 5.92 Å². The van der Waals surface area contributed by atoms with Gasteiger partial charge in [0.05, 0.1) is 19.3 Å². The van der Waals surface area contributed by atoms with Gasteiger partial charge in [-0.05, 0) is 35.7 Å². The number of nitrogens with one attached hydrogen (secondary N) is 1. The highest BCUT2D eigenvalue weighted by atomic mass is 19.1. The minimum atomic E-state index is -0.492. The van der Waals surface area contributed by atoms with E-state index < -0.39 is 5.82 Å². The van der Waals surface area contributed by atoms with Crippen molar-refractivity contribution in [3.8, 4) is 17.2 Å². The number of halogens is 1. The van der Waals surface area contributed by atoms with Gasteiger partial charge in [-0.2, -0.15) is 0 Å². The second-order valence-corrected chi connectivity index (χ2v) is 6.76. The number of carbonyl (C=O) groups excluding carboxylic acids is 1. The molecule has 6 heteroatoms. The summed E-state index contributed by atoms with van der Waals surface area (Å²) >= 11 is 0. The van der Waals surface area contributed by atoms with Crippen molar-refractivity contribution in [3.05, 3.63) is 53.8 Å². The van der Waals surface area contributed by atoms with Crippen LogP contribution >= 0.6 is 0 Å². The number of carbonyl (C=O) groups is 1. The molecule has 1 aliphatic heterocycles. The molecule has 0 aromatic heterocycles. The lowest BCUT2D eigenvalue weighted by Crippen LogP contribution is -2.35. The van der Waals surface area contributed by atoms with Crippen LogP contribution in [0.25, 0.3) is 0 Å². The van der Waals surface area contributed by atoms with E-state index in [1.807, 2.05) is 32.0 Å². The SMILES string of the molecule is CC(C)[C@@H](NC(=O)COc1ccccc1F)c1ccc2c(c1)OCCCO2. The Morgan fingerprint density at radius 3 is 2.63 bits per heavy atom. The van der Waals surface area contributed by atoms with Crippen molar-refractivity contribution in [2.45, 2.75) is 26.3 Å². The highest BCUT2D eigenvalue weighted by Crippen LogP contribution is 2.34. The zero-order valence-electron chi connectivity index (χ0n) is 15.5. The molecule has 27 heavy (non-hydrogen) atoms. The van der Waals surface area contributed by atoms with Crippen LogP contribution in [-0.2, 0) is 4.79 Å². The van der Waals surface area contributed by atoms with Crippen LogP contribution in [-0.4, -0.2) is 25.7 Å². The molecule has 144 valence electrons. The molecule has 0 spiro atoms. The minimum Gasteiger partial charge on any atom is -0.490 e. The van der Waals surface area contributed by atoms with Crippen molar-refractivity contribution in [1.82, 2.24) is 5.32 Å². The Kier molecular flexibility index (Phi) is 6.16. The fraction of sp³-hybridized carbons (Fsp3) is 0.381. The van der Waals surface area contributed by atoms with E-state index in [0.29, 0.717) is 24.7 Å². The lowest BCUT2D eigenvalue weighted by Gasteiger charge is -2.24. The number of fused-ring (bicyclic) bond motifs is 1. The Bertz CT molecular complexity index is 794. The van der Waals surface area contributed by atoms with Crippen LogP contribution < -0.4 is 19.5 Å². The summed E-state index contributed by atoms with van der Waals surface area (Å²) in [5, 5.41) is 2.96. The maximum absolute atomic E-state index is 13.6. The fourth-order valence-electron chi connectivity index (χ4n) is 2.93. The quantitative estimate of drug-likeness (QED) is 0.835. The van der Waals surface area contributed by atoms with Crippen LogP contribution in [0.2, 0.25) is 0 Å². The topological polar surface area (TPSA) is 56.8 Å². The molecule has 0 unspecified atom stereocenters. The maximum Gasteiger partial charge on any atom is 0.258 e. The average Bonchev–Trinajstić information content (AvgIpc) is 2.90. The second-order valence-electron chi connectivity index (χ2n) is 6.76. The first kappa shape index (κ1) is 19.0. The van der Waals surface area contributed by atoms with Gasteiger partial charge >= 0.3 is 0 Å². The average molecular weight is 373 g/mol. The first-order chi connectivity index (χ1) is 13.0. The maximum atomic E-state index is 13.6. The molecule has 1 aliphatic rings. The van der Waals surface area contributed by atoms with Crippen molar-refractivity contribution in [1.29, 1.82) is 0 Å². The lowest BCUT2D eigenvalue weighted by molar-refractivity contribution is -0.124. The summed E-state index contributed by atoms with van der Waals surface area (Å²) in [5.41, 5.74) is 0.925. The summed E-state index contributed by atoms with van der Waals surface area (Å²) in [6.07, 6.45) is 0.835. The molecule has 2 aromatic rings. The van der Waals surface area contributed by atoms with Gasteiger partial charge in [0.25, 0.3) is 5.91 Å². The summed E-state index contributed by atoms with van der Waals surface area (Å²) < 4.78 is 30.3. The van der Waals surface area contributed by atoms with Crippen LogP contribution in [0.15, 0.2) is 42.5 Å². The molecule has 1 amide bonds. The molecule has 0 saturated heterocycles. The predicted octanol–water partition coefficient (Wildman–Crippen LogP) is 3.88. The molecule has 2 aromatic carbocycles. The molecule has 0 bridgehead atoms. The number of hydrogen-bond acceptors (Lipinski definition) is 4. The zero-order valence-corrected chi connectivity index (χ0v) is 15.5. The van der Waals surface area contributed by atoms with Gasteiger partial charge in [-0.25, -0.2) is 4.39 Å². The number of para-hydroxylation sites is 1. The van der Waals surface area contributed by atoms with Crippen LogP contribution in [0.4, 0.5) is 4.39 Å². The van der Waals surface area contributed by atoms with Gasteiger partial charge in [-0.15, -0.1) is 0 Å². The summed E-state index contributed by atoms with van der Waals surface area (Å²) in [7, 11) is 0. The summed E-state index contributed by atoms with van der Waals surface area (Å²) in [6.45, 7) is 5.02. The van der Waals surface area contributed by atoms with Crippen LogP contribution in [0, 0.1) is 11.7 Å². The Balaban J connectivity index is 1.68. The molecular formula is C21H24FNO4. The molecule has 3 rings (SSSR count). The molecule has 1 atom stereocenters. The standard InChI is InChI=1S/C21H24FNO4/c1-14(2)21(15-8-9-18-19(12-15)26-11-5-10-25-18)23-20(24)13-27-17-7-4-3-6-16(17)22/h3-4,6-9,12,14,21H,5,10-11,13H2,1-2H3,(H,23,24)/t21-/m1/s1. The van der Waals surface area contributed by atoms with E-state index in [1.54, 1.807) is 12.1 Å². The normalized spacial score (nSPS) is 14.4. The van der Waals surface area contributed by atoms with Gasteiger partial charge < -0.3 is 19.5 Å². The van der Waals surface area contributed by atoms with Crippen LogP contribution in [0.5, 0.6) is 17.2 Å². The summed E-state index contributed by atoms with van der Waals surface area (Å²) in [5.74, 6) is 0.801. The van der Waals surface area contributed by atoms with Gasteiger partial charge in [0.15, 0.2) is 29.7 Å². The highest BCUT2D eigenvalue weighted by molar-refractivity contribution is 5.78. The van der Waals surface area contributed by atoms with E-state index in [0.717, 1.165) is 12.0 Å². The van der Waals surface area contributed by atoms with Crippen LogP contribution in [0.3, 0.4) is 0 Å². The van der Waals surface area contributed by atoms with Crippen molar-refractivity contribution in [3.63, 3.8) is 0 Å². The molecule has 0 fully saturated rings. The molecular weight excluding hydrogens is 349 g/mol. The molecule has 0 saturated carbocycles. The van der Waals surface area contributed by atoms with Crippen molar-refractivity contribution in [2.75, 3.05) is 19.8 Å². The van der Waals surface area contributed by atoms with E-state index in [9.17, 15) is 9.18 Å². The van der Waals surface area contributed by atoms with E-state index in [-0.39, 0.29) is 30.2 Å². The molecule has 1 N–H and O–H groups in total. The van der Waals surface area contributed by atoms with Gasteiger partial charge in [-0.3, -0.25) is 4.79 Å². The first-order valence-corrected chi connectivity index (χ1v) is 9.11. The van der Waals surface area contributed by atoms with Crippen molar-refractivity contribution < 1.29 is 23.4 Å². The van der Waals surface area contributed by atoms with Gasteiger partial charge in [0.2, 0.25) is 0 Å². The lowest BCUT2D eigenvalue weighted by atomic mass is 9.95. The number of ether oxygens (including phenoxy) is 3. The van der Waals surface area contributed by atoms with E-state index in [2.05, 4.69) is 5.32 Å². The smallest absolute Gasteiger partial charge is 0.258 e. The van der Waals surface area contributed by atoms with Gasteiger partial charge in [0.1, 0.15) is 0 Å². The number of hydrogen-bond donors (Lipinski definition) is 1. The van der Waals surface area contributed by atoms with Crippen molar-refractivity contribution >= 4 is 5.91 Å². The number of rotatable bonds is 6. The monoisotopic (exact) mass is 373 g/mol. The largest absolute Gasteiger partial charge is 0.490 e. The number of amides is 1. The third-order valence-electron chi connectivity index (χ3n) is 4.31. The summed E-state index contributed by atoms with van der Waals surface area (Å²) in [4.78, 5) is 12.3. The van der Waals surface area contributed by atoms with E-state index >= 15 is 0 Å². The molecule has 1 heterocycles. The minimum absolute atomic E-state index is 0.0596. The third kappa shape index (κ3) is 4.90. The fourth-order valence-corrected chi connectivity index (χ4v) is 2.93.